The topological polar surface area (TPSA) is 40.5 Å². The molecule has 2 rings (SSSR count). The smallest absolute Gasteiger partial charge is 0.126 e. The van der Waals surface area contributed by atoms with E-state index in [0.717, 1.165) is 47.1 Å². The molecule has 0 aliphatic carbocycles. The lowest BCUT2D eigenvalue weighted by Crippen LogP contribution is -1.94. The van der Waals surface area contributed by atoms with Gasteiger partial charge in [0, 0.05) is 5.56 Å². The van der Waals surface area contributed by atoms with Crippen molar-refractivity contribution >= 4 is 0 Å². The van der Waals surface area contributed by atoms with Crippen molar-refractivity contribution < 1.29 is 10.2 Å². The van der Waals surface area contributed by atoms with Gasteiger partial charge in [-0.3, -0.25) is 0 Å². The SMILES string of the molecule is C=CCc1cc(CCCCCCCCCCCCC)c(O)c(-c2ccc(O)c(CC=C)c2)c1. The van der Waals surface area contributed by atoms with Crippen LogP contribution in [0.3, 0.4) is 0 Å². The molecule has 0 bridgehead atoms. The van der Waals surface area contributed by atoms with Gasteiger partial charge >= 0.3 is 0 Å². The zero-order valence-electron chi connectivity index (χ0n) is 20.7. The van der Waals surface area contributed by atoms with Gasteiger partial charge in [-0.25, -0.2) is 0 Å². The maximum Gasteiger partial charge on any atom is 0.126 e. The number of unbranched alkanes of at least 4 members (excludes halogenated alkanes) is 10. The fourth-order valence-corrected chi connectivity index (χ4v) is 4.51. The highest BCUT2D eigenvalue weighted by molar-refractivity contribution is 5.74. The van der Waals surface area contributed by atoms with Crippen molar-refractivity contribution in [2.45, 2.75) is 96.8 Å². The molecule has 2 nitrogen and oxygen atoms in total. The van der Waals surface area contributed by atoms with Gasteiger partial charge in [0.15, 0.2) is 0 Å². The van der Waals surface area contributed by atoms with Crippen molar-refractivity contribution in [3.8, 4) is 22.6 Å². The predicted octanol–water partition coefficient (Wildman–Crippen LogP) is 9.08. The number of aryl methyl sites for hydroxylation is 1. The summed E-state index contributed by atoms with van der Waals surface area (Å²) < 4.78 is 0. The van der Waals surface area contributed by atoms with Gasteiger partial charge in [0.2, 0.25) is 0 Å². The minimum absolute atomic E-state index is 0.265. The van der Waals surface area contributed by atoms with E-state index < -0.39 is 0 Å². The summed E-state index contributed by atoms with van der Waals surface area (Å²) in [5.41, 5.74) is 4.75. The first-order valence-electron chi connectivity index (χ1n) is 13.0. The van der Waals surface area contributed by atoms with Gasteiger partial charge in [-0.15, -0.1) is 13.2 Å². The van der Waals surface area contributed by atoms with E-state index in [4.69, 9.17) is 0 Å². The Hall–Kier alpha value is -2.48. The summed E-state index contributed by atoms with van der Waals surface area (Å²) in [6, 6.07) is 9.71. The molecule has 0 aromatic heterocycles. The maximum absolute atomic E-state index is 11.1. The summed E-state index contributed by atoms with van der Waals surface area (Å²) in [5.74, 6) is 0.631. The molecule has 0 atom stereocenters. The molecule has 0 amide bonds. The van der Waals surface area contributed by atoms with Crippen LogP contribution >= 0.6 is 0 Å². The highest BCUT2D eigenvalue weighted by atomic mass is 16.3. The fourth-order valence-electron chi connectivity index (χ4n) is 4.51. The van der Waals surface area contributed by atoms with Crippen LogP contribution in [0.15, 0.2) is 55.6 Å². The second kappa shape index (κ2) is 15.4. The third-order valence-electron chi connectivity index (χ3n) is 6.43. The van der Waals surface area contributed by atoms with Crippen molar-refractivity contribution in [2.75, 3.05) is 0 Å². The Morgan fingerprint density at radius 1 is 0.697 bits per heavy atom. The molecular weight excluding hydrogens is 404 g/mol. The molecule has 0 spiro atoms. The number of allylic oxidation sites excluding steroid dienone is 2. The van der Waals surface area contributed by atoms with Gasteiger partial charge < -0.3 is 10.2 Å². The second-order valence-corrected chi connectivity index (χ2v) is 9.27. The van der Waals surface area contributed by atoms with Crippen molar-refractivity contribution in [3.63, 3.8) is 0 Å². The average Bonchev–Trinajstić information content (AvgIpc) is 2.81. The Bertz CT molecular complexity index is 865. The van der Waals surface area contributed by atoms with Gasteiger partial charge in [-0.05, 0) is 66.1 Å². The van der Waals surface area contributed by atoms with E-state index in [9.17, 15) is 10.2 Å². The highest BCUT2D eigenvalue weighted by Crippen LogP contribution is 2.37. The second-order valence-electron chi connectivity index (χ2n) is 9.27. The zero-order chi connectivity index (χ0) is 23.9. The van der Waals surface area contributed by atoms with E-state index in [2.05, 4.69) is 26.1 Å². The molecule has 0 unspecified atom stereocenters. The van der Waals surface area contributed by atoms with Crippen molar-refractivity contribution in [3.05, 3.63) is 72.3 Å². The van der Waals surface area contributed by atoms with E-state index in [-0.39, 0.29) is 5.75 Å². The number of hydrogen-bond acceptors (Lipinski definition) is 2. The molecule has 0 aliphatic rings. The molecule has 2 aromatic carbocycles. The number of aromatic hydroxyl groups is 2. The van der Waals surface area contributed by atoms with Crippen LogP contribution in [0.4, 0.5) is 0 Å². The van der Waals surface area contributed by atoms with Gasteiger partial charge in [-0.2, -0.15) is 0 Å². The molecule has 2 N–H and O–H groups in total. The predicted molar refractivity (Wildman–Crippen MR) is 143 cm³/mol. The molecule has 2 aromatic rings. The average molecular weight is 449 g/mol. The van der Waals surface area contributed by atoms with Gasteiger partial charge in [-0.1, -0.05) is 95.4 Å². The third kappa shape index (κ3) is 9.12. The van der Waals surface area contributed by atoms with Gasteiger partial charge in [0.1, 0.15) is 11.5 Å². The first-order chi connectivity index (χ1) is 16.1. The number of hydrogen-bond donors (Lipinski definition) is 2. The maximum atomic E-state index is 11.1. The number of phenolic OH excluding ortho intramolecular Hbond substituents is 2. The van der Waals surface area contributed by atoms with Gasteiger partial charge in [0.05, 0.1) is 0 Å². The van der Waals surface area contributed by atoms with E-state index in [1.165, 1.54) is 64.2 Å². The minimum Gasteiger partial charge on any atom is -0.508 e. The van der Waals surface area contributed by atoms with Crippen LogP contribution in [0.25, 0.3) is 11.1 Å². The number of benzene rings is 2. The third-order valence-corrected chi connectivity index (χ3v) is 6.43. The Balaban J connectivity index is 1.95. The highest BCUT2D eigenvalue weighted by Gasteiger charge is 2.13. The van der Waals surface area contributed by atoms with Crippen LogP contribution < -0.4 is 0 Å². The molecule has 0 radical (unpaired) electrons. The molecule has 0 saturated heterocycles. The molecule has 33 heavy (non-hydrogen) atoms. The van der Waals surface area contributed by atoms with Crippen molar-refractivity contribution in [2.24, 2.45) is 0 Å². The van der Waals surface area contributed by atoms with E-state index >= 15 is 0 Å². The summed E-state index contributed by atoms with van der Waals surface area (Å²) in [5, 5.41) is 21.2. The quantitative estimate of drug-likeness (QED) is 0.187. The molecular formula is C31H44O2. The van der Waals surface area contributed by atoms with E-state index in [1.807, 2.05) is 24.3 Å². The summed E-state index contributed by atoms with van der Waals surface area (Å²) in [6.45, 7) is 9.93. The van der Waals surface area contributed by atoms with Crippen LogP contribution in [0, 0.1) is 0 Å². The Morgan fingerprint density at radius 2 is 1.30 bits per heavy atom. The molecule has 0 aliphatic heterocycles. The molecule has 2 heteroatoms. The standard InChI is InChI=1S/C31H44O2/c1-4-7-8-9-10-11-12-13-14-15-16-19-28-22-25(17-5-2)23-29(31(28)33)26-20-21-30(32)27(24-26)18-6-3/h5-6,20-24,32-33H,2-4,7-19H2,1H3. The Kier molecular flexibility index (Phi) is 12.5. The van der Waals surface area contributed by atoms with Crippen LogP contribution in [0.1, 0.15) is 94.2 Å². The summed E-state index contributed by atoms with van der Waals surface area (Å²) in [4.78, 5) is 0. The van der Waals surface area contributed by atoms with Crippen LogP contribution in [-0.2, 0) is 19.3 Å². The Labute approximate surface area is 202 Å². The van der Waals surface area contributed by atoms with Crippen LogP contribution in [0.5, 0.6) is 11.5 Å². The fraction of sp³-hybridized carbons (Fsp3) is 0.484. The summed E-state index contributed by atoms with van der Waals surface area (Å²) in [7, 11) is 0. The lowest BCUT2D eigenvalue weighted by molar-refractivity contribution is 0.466. The molecule has 0 saturated carbocycles. The summed E-state index contributed by atoms with van der Waals surface area (Å²) in [6.07, 6.45) is 20.4. The first kappa shape index (κ1) is 26.8. The molecule has 0 heterocycles. The molecule has 0 fully saturated rings. The largest absolute Gasteiger partial charge is 0.508 e. The normalized spacial score (nSPS) is 10.9. The summed E-state index contributed by atoms with van der Waals surface area (Å²) >= 11 is 0. The lowest BCUT2D eigenvalue weighted by Gasteiger charge is -2.14. The molecule has 180 valence electrons. The monoisotopic (exact) mass is 448 g/mol. The number of phenols is 2. The van der Waals surface area contributed by atoms with Crippen molar-refractivity contribution in [1.82, 2.24) is 0 Å². The van der Waals surface area contributed by atoms with Crippen LogP contribution in [0.2, 0.25) is 0 Å². The van der Waals surface area contributed by atoms with Gasteiger partial charge in [0.25, 0.3) is 0 Å². The number of rotatable bonds is 17. The van der Waals surface area contributed by atoms with E-state index in [1.54, 1.807) is 12.1 Å². The minimum atomic E-state index is 0.265. The van der Waals surface area contributed by atoms with Crippen LogP contribution in [-0.4, -0.2) is 10.2 Å². The van der Waals surface area contributed by atoms with E-state index in [0.29, 0.717) is 12.2 Å². The van der Waals surface area contributed by atoms with Crippen molar-refractivity contribution in [1.29, 1.82) is 0 Å². The first-order valence-corrected chi connectivity index (χ1v) is 13.0. The lowest BCUT2D eigenvalue weighted by atomic mass is 9.93. The Morgan fingerprint density at radius 3 is 1.91 bits per heavy atom. The zero-order valence-corrected chi connectivity index (χ0v) is 20.7.